The second-order valence-electron chi connectivity index (χ2n) is 5.86. The summed E-state index contributed by atoms with van der Waals surface area (Å²) < 4.78 is 7.85. The minimum Gasteiger partial charge on any atom is -0.382 e. The summed E-state index contributed by atoms with van der Waals surface area (Å²) in [7, 11) is 0. The lowest BCUT2D eigenvalue weighted by atomic mass is 10.2. The highest BCUT2D eigenvalue weighted by Crippen LogP contribution is 2.21. The number of hydrogen-bond acceptors (Lipinski definition) is 5. The number of ketones is 1. The number of Topliss-reactive ketones (excluding diaryl/α,β-unsaturated/α-hetero) is 1. The van der Waals surface area contributed by atoms with Crippen molar-refractivity contribution in [1.82, 2.24) is 14.5 Å². The molecule has 2 aromatic heterocycles. The van der Waals surface area contributed by atoms with Crippen LogP contribution in [0.2, 0.25) is 0 Å². The first kappa shape index (κ1) is 19.9. The summed E-state index contributed by atoms with van der Waals surface area (Å²) in [5.41, 5.74) is 1.07. The Bertz CT molecular complexity index is 986. The quantitative estimate of drug-likeness (QED) is 0.232. The molecule has 0 amide bonds. The minimum absolute atomic E-state index is 0.0315. The second-order valence-corrected chi connectivity index (χ2v) is 7.72. The first-order valence-electron chi connectivity index (χ1n) is 8.67. The van der Waals surface area contributed by atoms with Crippen LogP contribution < -0.4 is 5.56 Å². The lowest BCUT2D eigenvalue weighted by Crippen LogP contribution is -2.24. The maximum Gasteiger partial charge on any atom is 0.262 e. The number of thioether (sulfide) groups is 1. The number of ether oxygens (including phenoxy) is 1. The van der Waals surface area contributed by atoms with Crippen LogP contribution in [0.15, 0.2) is 51.0 Å². The highest BCUT2D eigenvalue weighted by Gasteiger charge is 2.14. The minimum atomic E-state index is -0.104. The number of carbonyl (C=O) groups excluding carboxylic acids is 1. The number of benzene rings is 1. The van der Waals surface area contributed by atoms with Crippen molar-refractivity contribution in [3.63, 3.8) is 0 Å². The highest BCUT2D eigenvalue weighted by atomic mass is 79.9. The summed E-state index contributed by atoms with van der Waals surface area (Å²) in [5.74, 6) is 0.177. The van der Waals surface area contributed by atoms with E-state index in [2.05, 4.69) is 25.9 Å². The fourth-order valence-electron chi connectivity index (χ4n) is 2.66. The lowest BCUT2D eigenvalue weighted by Gasteiger charge is -2.13. The molecule has 0 fully saturated rings. The summed E-state index contributed by atoms with van der Waals surface area (Å²) >= 11 is 4.69. The van der Waals surface area contributed by atoms with Gasteiger partial charge in [0.1, 0.15) is 0 Å². The predicted octanol–water partition coefficient (Wildman–Crippen LogP) is 3.89. The van der Waals surface area contributed by atoms with Crippen LogP contribution >= 0.6 is 27.7 Å². The van der Waals surface area contributed by atoms with Crippen molar-refractivity contribution in [1.29, 1.82) is 0 Å². The Balaban J connectivity index is 1.89. The van der Waals surface area contributed by atoms with Crippen LogP contribution in [0, 0.1) is 0 Å². The number of aromatic amines is 1. The van der Waals surface area contributed by atoms with Crippen LogP contribution in [0.25, 0.3) is 10.9 Å². The van der Waals surface area contributed by atoms with Crippen LogP contribution in [0.1, 0.15) is 23.8 Å². The van der Waals surface area contributed by atoms with E-state index in [4.69, 9.17) is 4.74 Å². The number of H-pyrrole nitrogens is 1. The highest BCUT2D eigenvalue weighted by molar-refractivity contribution is 9.10. The summed E-state index contributed by atoms with van der Waals surface area (Å²) in [6.07, 6.45) is 2.42. The van der Waals surface area contributed by atoms with Gasteiger partial charge in [-0.3, -0.25) is 14.2 Å². The number of rotatable bonds is 9. The molecule has 0 unspecified atom stereocenters. The molecule has 0 atom stereocenters. The summed E-state index contributed by atoms with van der Waals surface area (Å²) in [6, 6.07) is 8.97. The van der Waals surface area contributed by atoms with Gasteiger partial charge in [-0.15, -0.1) is 0 Å². The van der Waals surface area contributed by atoms with E-state index in [0.29, 0.717) is 47.9 Å². The number of halogens is 1. The largest absolute Gasteiger partial charge is 0.382 e. The van der Waals surface area contributed by atoms with Crippen LogP contribution in [-0.2, 0) is 11.3 Å². The number of hydrogen-bond donors (Lipinski definition) is 1. The molecule has 0 saturated carbocycles. The molecule has 0 aliphatic carbocycles. The predicted molar refractivity (Wildman–Crippen MR) is 111 cm³/mol. The molecule has 2 heterocycles. The van der Waals surface area contributed by atoms with E-state index in [9.17, 15) is 9.59 Å². The van der Waals surface area contributed by atoms with E-state index in [1.54, 1.807) is 29.0 Å². The Morgan fingerprint density at radius 3 is 2.96 bits per heavy atom. The fraction of sp³-hybridized carbons (Fsp3) is 0.316. The lowest BCUT2D eigenvalue weighted by molar-refractivity contribution is 0.101. The van der Waals surface area contributed by atoms with E-state index in [0.717, 1.165) is 4.47 Å². The van der Waals surface area contributed by atoms with Crippen LogP contribution in [0.3, 0.4) is 0 Å². The third kappa shape index (κ3) is 4.88. The molecule has 1 N–H and O–H groups in total. The molecule has 142 valence electrons. The van der Waals surface area contributed by atoms with E-state index >= 15 is 0 Å². The molecule has 1 aromatic carbocycles. The molecule has 0 spiro atoms. The molecule has 27 heavy (non-hydrogen) atoms. The molecule has 0 saturated heterocycles. The van der Waals surface area contributed by atoms with Crippen LogP contribution in [0.4, 0.5) is 0 Å². The van der Waals surface area contributed by atoms with Crippen molar-refractivity contribution in [2.75, 3.05) is 19.0 Å². The van der Waals surface area contributed by atoms with Crippen molar-refractivity contribution in [3.8, 4) is 0 Å². The van der Waals surface area contributed by atoms with Gasteiger partial charge in [0.25, 0.3) is 5.56 Å². The molecular formula is C19H20BrN3O3S. The van der Waals surface area contributed by atoms with E-state index < -0.39 is 0 Å². The fourth-order valence-corrected chi connectivity index (χ4v) is 3.93. The Morgan fingerprint density at radius 2 is 2.22 bits per heavy atom. The number of nitrogens with zero attached hydrogens (tertiary/aromatic N) is 2. The summed E-state index contributed by atoms with van der Waals surface area (Å²) in [4.78, 5) is 32.8. The van der Waals surface area contributed by atoms with Crippen LogP contribution in [0.5, 0.6) is 0 Å². The van der Waals surface area contributed by atoms with Gasteiger partial charge >= 0.3 is 0 Å². The smallest absolute Gasteiger partial charge is 0.262 e. The normalized spacial score (nSPS) is 11.2. The Labute approximate surface area is 169 Å². The number of fused-ring (bicyclic) bond motifs is 1. The molecular weight excluding hydrogens is 430 g/mol. The zero-order chi connectivity index (χ0) is 19.2. The standard InChI is InChI=1S/C19H20BrN3O3S/c1-2-26-10-4-9-23-18(25)14-11-13(20)6-7-15(14)22-19(23)27-12-17(24)16-5-3-8-21-16/h3,5-8,11,21H,2,4,9-10,12H2,1H3. The van der Waals surface area contributed by atoms with Crippen molar-refractivity contribution in [3.05, 3.63) is 57.0 Å². The second kappa shape index (κ2) is 9.34. The molecule has 0 radical (unpaired) electrons. The summed E-state index contributed by atoms with van der Waals surface area (Å²) in [5, 5.41) is 1.10. The average molecular weight is 450 g/mol. The van der Waals surface area contributed by atoms with E-state index in [1.165, 1.54) is 11.8 Å². The number of nitrogens with one attached hydrogen (secondary N) is 1. The first-order valence-corrected chi connectivity index (χ1v) is 10.4. The molecule has 0 aliphatic heterocycles. The number of aromatic nitrogens is 3. The van der Waals surface area contributed by atoms with Gasteiger partial charge in [-0.05, 0) is 43.7 Å². The molecule has 6 nitrogen and oxygen atoms in total. The Morgan fingerprint density at radius 1 is 1.37 bits per heavy atom. The molecule has 8 heteroatoms. The van der Waals surface area contributed by atoms with Crippen molar-refractivity contribution in [2.24, 2.45) is 0 Å². The van der Waals surface area contributed by atoms with Crippen molar-refractivity contribution < 1.29 is 9.53 Å². The van der Waals surface area contributed by atoms with Crippen molar-refractivity contribution in [2.45, 2.75) is 25.0 Å². The zero-order valence-electron chi connectivity index (χ0n) is 14.9. The maximum absolute atomic E-state index is 13.0. The molecule has 3 rings (SSSR count). The van der Waals surface area contributed by atoms with Crippen molar-refractivity contribution >= 4 is 44.4 Å². The van der Waals surface area contributed by atoms with Gasteiger partial charge < -0.3 is 9.72 Å². The first-order chi connectivity index (χ1) is 13.1. The van der Waals surface area contributed by atoms with E-state index in [1.807, 2.05) is 19.1 Å². The molecule has 0 bridgehead atoms. The van der Waals surface area contributed by atoms with Gasteiger partial charge in [0.2, 0.25) is 0 Å². The van der Waals surface area contributed by atoms with Gasteiger partial charge in [0.15, 0.2) is 10.9 Å². The topological polar surface area (TPSA) is 77.0 Å². The third-order valence-corrected chi connectivity index (χ3v) is 5.46. The number of carbonyl (C=O) groups is 1. The van der Waals surface area contributed by atoms with Gasteiger partial charge in [-0.1, -0.05) is 27.7 Å². The third-order valence-electron chi connectivity index (χ3n) is 3.99. The monoisotopic (exact) mass is 449 g/mol. The van der Waals surface area contributed by atoms with Gasteiger partial charge in [0, 0.05) is 30.4 Å². The molecule has 3 aromatic rings. The van der Waals surface area contributed by atoms with Gasteiger partial charge in [-0.25, -0.2) is 4.98 Å². The van der Waals surface area contributed by atoms with E-state index in [-0.39, 0.29) is 17.1 Å². The maximum atomic E-state index is 13.0. The SMILES string of the molecule is CCOCCCn1c(SCC(=O)c2ccc[nH]2)nc2ccc(Br)cc2c1=O. The average Bonchev–Trinajstić information content (AvgIpc) is 3.20. The van der Waals surface area contributed by atoms with Crippen LogP contribution in [-0.4, -0.2) is 39.3 Å². The Kier molecular flexibility index (Phi) is 6.87. The summed E-state index contributed by atoms with van der Waals surface area (Å²) in [6.45, 7) is 3.65. The Hall–Kier alpha value is -1.90. The molecule has 0 aliphatic rings. The zero-order valence-corrected chi connectivity index (χ0v) is 17.3. The van der Waals surface area contributed by atoms with Gasteiger partial charge in [0.05, 0.1) is 22.3 Å². The van der Waals surface area contributed by atoms with Gasteiger partial charge in [-0.2, -0.15) is 0 Å².